The van der Waals surface area contributed by atoms with Crippen LogP contribution in [-0.4, -0.2) is 5.91 Å². The summed E-state index contributed by atoms with van der Waals surface area (Å²) in [7, 11) is 0. The molecule has 0 atom stereocenters. The topological polar surface area (TPSA) is 52.9 Å². The lowest BCUT2D eigenvalue weighted by Crippen LogP contribution is -2.23. The molecule has 0 fully saturated rings. The predicted octanol–water partition coefficient (Wildman–Crippen LogP) is 4.53. The predicted molar refractivity (Wildman–Crippen MR) is 96.8 cm³/mol. The highest BCUT2D eigenvalue weighted by molar-refractivity contribution is 7.10. The molecule has 0 bridgehead atoms. The first kappa shape index (κ1) is 16.0. The van der Waals surface area contributed by atoms with Crippen LogP contribution in [0.15, 0.2) is 60.0 Å². The number of hydrogen-bond donors (Lipinski definition) is 1. The van der Waals surface area contributed by atoms with E-state index in [1.807, 2.05) is 54.8 Å². The van der Waals surface area contributed by atoms with Gasteiger partial charge < -0.3 is 5.32 Å². The second-order valence-electron chi connectivity index (χ2n) is 5.41. The Morgan fingerprint density at radius 2 is 1.79 bits per heavy atom. The summed E-state index contributed by atoms with van der Waals surface area (Å²) in [4.78, 5) is 13.8. The van der Waals surface area contributed by atoms with Crippen molar-refractivity contribution >= 4 is 17.2 Å². The first-order chi connectivity index (χ1) is 11.7. The van der Waals surface area contributed by atoms with Crippen LogP contribution in [0, 0.1) is 18.3 Å². The maximum Gasteiger partial charge on any atom is 0.252 e. The Bertz CT molecular complexity index is 921. The minimum atomic E-state index is -0.133. The van der Waals surface area contributed by atoms with Crippen LogP contribution in [0.3, 0.4) is 0 Å². The highest BCUT2D eigenvalue weighted by Crippen LogP contribution is 2.27. The molecular formula is C20H16N2OS. The molecule has 3 nitrogen and oxygen atoms in total. The summed E-state index contributed by atoms with van der Waals surface area (Å²) >= 11 is 1.64. The monoisotopic (exact) mass is 332 g/mol. The molecule has 0 unspecified atom stereocenters. The molecule has 24 heavy (non-hydrogen) atoms. The van der Waals surface area contributed by atoms with E-state index in [2.05, 4.69) is 11.4 Å². The molecule has 118 valence electrons. The first-order valence-corrected chi connectivity index (χ1v) is 8.48. The van der Waals surface area contributed by atoms with Gasteiger partial charge in [0.2, 0.25) is 0 Å². The third-order valence-corrected chi connectivity index (χ3v) is 4.91. The quantitative estimate of drug-likeness (QED) is 0.763. The lowest BCUT2D eigenvalue weighted by molar-refractivity contribution is 0.0952. The summed E-state index contributed by atoms with van der Waals surface area (Å²) < 4.78 is 0. The normalized spacial score (nSPS) is 10.2. The van der Waals surface area contributed by atoms with E-state index in [1.54, 1.807) is 23.5 Å². The Labute approximate surface area is 145 Å². The van der Waals surface area contributed by atoms with Crippen LogP contribution in [0.4, 0.5) is 0 Å². The molecule has 0 saturated carbocycles. The summed E-state index contributed by atoms with van der Waals surface area (Å²) in [6.45, 7) is 2.55. The van der Waals surface area contributed by atoms with Crippen molar-refractivity contribution in [1.29, 1.82) is 5.26 Å². The molecule has 0 spiro atoms. The Morgan fingerprint density at radius 3 is 2.50 bits per heavy atom. The van der Waals surface area contributed by atoms with Crippen LogP contribution < -0.4 is 5.32 Å². The molecule has 3 rings (SSSR count). The number of nitrogens with zero attached hydrogens (tertiary/aromatic N) is 1. The van der Waals surface area contributed by atoms with E-state index in [4.69, 9.17) is 0 Å². The van der Waals surface area contributed by atoms with Gasteiger partial charge in [0.25, 0.3) is 5.91 Å². The zero-order valence-corrected chi connectivity index (χ0v) is 14.1. The molecule has 0 aliphatic heterocycles. The van der Waals surface area contributed by atoms with Gasteiger partial charge in [-0.3, -0.25) is 4.79 Å². The largest absolute Gasteiger partial charge is 0.347 e. The van der Waals surface area contributed by atoms with Gasteiger partial charge in [-0.05, 0) is 41.6 Å². The zero-order valence-electron chi connectivity index (χ0n) is 13.2. The van der Waals surface area contributed by atoms with E-state index >= 15 is 0 Å². The fourth-order valence-electron chi connectivity index (χ4n) is 2.57. The van der Waals surface area contributed by atoms with Gasteiger partial charge >= 0.3 is 0 Å². The van der Waals surface area contributed by atoms with Gasteiger partial charge in [-0.2, -0.15) is 5.26 Å². The summed E-state index contributed by atoms with van der Waals surface area (Å²) in [6.07, 6.45) is 0. The van der Waals surface area contributed by atoms with Gasteiger partial charge in [-0.1, -0.05) is 36.4 Å². The van der Waals surface area contributed by atoms with Crippen molar-refractivity contribution < 1.29 is 4.79 Å². The van der Waals surface area contributed by atoms with Gasteiger partial charge in [-0.15, -0.1) is 11.3 Å². The molecule has 2 aromatic carbocycles. The highest BCUT2D eigenvalue weighted by atomic mass is 32.1. The molecule has 1 amide bonds. The second-order valence-corrected chi connectivity index (χ2v) is 6.41. The van der Waals surface area contributed by atoms with Gasteiger partial charge in [-0.25, -0.2) is 0 Å². The smallest absolute Gasteiger partial charge is 0.252 e. The molecule has 1 heterocycles. The van der Waals surface area contributed by atoms with E-state index in [0.29, 0.717) is 17.7 Å². The molecule has 3 aromatic rings. The van der Waals surface area contributed by atoms with Crippen molar-refractivity contribution in [3.05, 3.63) is 81.5 Å². The van der Waals surface area contributed by atoms with Crippen LogP contribution in [-0.2, 0) is 6.54 Å². The standard InChI is InChI=1S/C20H16N2OS/c1-14-10-11-24-19(14)13-22-20(23)18-9-5-4-8-17(18)16-7-3-2-6-15(16)12-21/h2-11H,13H2,1H3,(H,22,23). The fourth-order valence-corrected chi connectivity index (χ4v) is 3.42. The third-order valence-electron chi connectivity index (χ3n) is 3.89. The number of hydrogen-bond acceptors (Lipinski definition) is 3. The molecule has 0 radical (unpaired) electrons. The van der Waals surface area contributed by atoms with Gasteiger partial charge in [0.05, 0.1) is 18.2 Å². The van der Waals surface area contributed by atoms with E-state index in [-0.39, 0.29) is 5.91 Å². The van der Waals surface area contributed by atoms with Crippen molar-refractivity contribution in [3.8, 4) is 17.2 Å². The maximum atomic E-state index is 12.7. The van der Waals surface area contributed by atoms with Crippen LogP contribution in [0.5, 0.6) is 0 Å². The van der Waals surface area contributed by atoms with Gasteiger partial charge in [0.15, 0.2) is 0 Å². The van der Waals surface area contributed by atoms with Crippen LogP contribution in [0.1, 0.15) is 26.4 Å². The average Bonchev–Trinajstić information content (AvgIpc) is 3.04. The molecule has 1 N–H and O–H groups in total. The van der Waals surface area contributed by atoms with Crippen molar-refractivity contribution in [1.82, 2.24) is 5.32 Å². The number of thiophene rings is 1. The van der Waals surface area contributed by atoms with E-state index in [1.165, 1.54) is 5.56 Å². The molecule has 1 aromatic heterocycles. The summed E-state index contributed by atoms with van der Waals surface area (Å²) in [6, 6.07) is 19.0. The van der Waals surface area contributed by atoms with Crippen molar-refractivity contribution in [2.45, 2.75) is 13.5 Å². The first-order valence-electron chi connectivity index (χ1n) is 7.60. The number of carbonyl (C=O) groups excluding carboxylic acids is 1. The Morgan fingerprint density at radius 1 is 1.08 bits per heavy atom. The Hall–Kier alpha value is -2.90. The second kappa shape index (κ2) is 7.12. The molecule has 4 heteroatoms. The molecule has 0 aliphatic rings. The van der Waals surface area contributed by atoms with Crippen LogP contribution in [0.25, 0.3) is 11.1 Å². The summed E-state index contributed by atoms with van der Waals surface area (Å²) in [5.41, 5.74) is 3.87. The number of aryl methyl sites for hydroxylation is 1. The number of rotatable bonds is 4. The van der Waals surface area contributed by atoms with E-state index in [9.17, 15) is 10.1 Å². The summed E-state index contributed by atoms with van der Waals surface area (Å²) in [5.74, 6) is -0.133. The molecular weight excluding hydrogens is 316 g/mol. The van der Waals surface area contributed by atoms with Crippen LogP contribution >= 0.6 is 11.3 Å². The Balaban J connectivity index is 1.90. The third kappa shape index (κ3) is 3.22. The molecule has 0 aliphatic carbocycles. The van der Waals surface area contributed by atoms with Crippen molar-refractivity contribution in [2.24, 2.45) is 0 Å². The van der Waals surface area contributed by atoms with E-state index < -0.39 is 0 Å². The van der Waals surface area contributed by atoms with Gasteiger partial charge in [0.1, 0.15) is 0 Å². The number of nitriles is 1. The number of carbonyl (C=O) groups is 1. The lowest BCUT2D eigenvalue weighted by atomic mass is 9.95. The number of nitrogens with one attached hydrogen (secondary N) is 1. The fraction of sp³-hybridized carbons (Fsp3) is 0.100. The number of amides is 1. The molecule has 0 saturated heterocycles. The van der Waals surface area contributed by atoms with Crippen molar-refractivity contribution in [2.75, 3.05) is 0 Å². The lowest BCUT2D eigenvalue weighted by Gasteiger charge is -2.11. The minimum absolute atomic E-state index is 0.133. The van der Waals surface area contributed by atoms with Crippen molar-refractivity contribution in [3.63, 3.8) is 0 Å². The van der Waals surface area contributed by atoms with Crippen LogP contribution in [0.2, 0.25) is 0 Å². The van der Waals surface area contributed by atoms with E-state index in [0.717, 1.165) is 16.0 Å². The minimum Gasteiger partial charge on any atom is -0.347 e. The highest BCUT2D eigenvalue weighted by Gasteiger charge is 2.14. The number of benzene rings is 2. The zero-order chi connectivity index (χ0) is 16.9. The summed E-state index contributed by atoms with van der Waals surface area (Å²) in [5, 5.41) is 14.3. The average molecular weight is 332 g/mol. The Kier molecular flexibility index (Phi) is 4.74. The SMILES string of the molecule is Cc1ccsc1CNC(=O)c1ccccc1-c1ccccc1C#N. The van der Waals surface area contributed by atoms with Gasteiger partial charge in [0, 0.05) is 16.0 Å². The maximum absolute atomic E-state index is 12.7.